The number of aromatic nitrogens is 5. The Labute approximate surface area is 460 Å². The highest BCUT2D eigenvalue weighted by Crippen LogP contribution is 2.35. The second-order valence-corrected chi connectivity index (χ2v) is 23.9. The number of fused-ring (bicyclic) bond motifs is 2. The first-order valence-electron chi connectivity index (χ1n) is 26.6. The number of nitrogens with one attached hydrogen (secondary N) is 4. The number of carbonyl (C=O) groups is 5. The molecule has 1 saturated carbocycles. The molecule has 5 N–H and O–H groups in total. The zero-order valence-corrected chi connectivity index (χ0v) is 46.1. The van der Waals surface area contributed by atoms with Crippen LogP contribution in [0.5, 0.6) is 5.75 Å². The van der Waals surface area contributed by atoms with E-state index >= 15 is 0 Å². The average Bonchev–Trinajstić information content (AvgIpc) is 4.34. The molecule has 0 radical (unpaired) electrons. The summed E-state index contributed by atoms with van der Waals surface area (Å²) in [5.74, 6) is -0.0518. The largest absolute Gasteiger partial charge is 0.481 e. The minimum absolute atomic E-state index is 0.0386. The van der Waals surface area contributed by atoms with E-state index in [-0.39, 0.29) is 49.7 Å². The van der Waals surface area contributed by atoms with E-state index in [1.165, 1.54) is 35.1 Å². The van der Waals surface area contributed by atoms with Crippen LogP contribution in [0.15, 0.2) is 72.6 Å². The van der Waals surface area contributed by atoms with Crippen LogP contribution in [-0.4, -0.2) is 140 Å². The van der Waals surface area contributed by atoms with Crippen molar-refractivity contribution in [2.75, 3.05) is 61.4 Å². The van der Waals surface area contributed by atoms with E-state index in [4.69, 9.17) is 9.47 Å². The molecule has 410 valence electrons. The lowest BCUT2D eigenvalue weighted by atomic mass is 9.85. The number of rotatable bonds is 16. The van der Waals surface area contributed by atoms with E-state index < -0.39 is 48.1 Å². The van der Waals surface area contributed by atoms with Gasteiger partial charge in [-0.25, -0.2) is 24.7 Å². The number of hydrogen-bond donors (Lipinski definition) is 5. The minimum Gasteiger partial charge on any atom is -0.481 e. The number of hydrogen-bond acceptors (Lipinski definition) is 17. The number of likely N-dealkylation sites (tertiary alicyclic amines) is 2. The first-order valence-corrected chi connectivity index (χ1v) is 28.3. The van der Waals surface area contributed by atoms with Crippen LogP contribution < -0.4 is 30.9 Å². The number of aliphatic hydroxyl groups excluding tert-OH is 1. The van der Waals surface area contributed by atoms with Crippen LogP contribution >= 0.6 is 22.7 Å². The summed E-state index contributed by atoms with van der Waals surface area (Å²) in [4.78, 5) is 96.4. The van der Waals surface area contributed by atoms with Gasteiger partial charge in [-0.05, 0) is 91.7 Å². The highest BCUT2D eigenvalue weighted by atomic mass is 32.1. The fourth-order valence-electron chi connectivity index (χ4n) is 10.9. The van der Waals surface area contributed by atoms with Gasteiger partial charge in [0.2, 0.25) is 23.7 Å². The van der Waals surface area contributed by atoms with Gasteiger partial charge < -0.3 is 40.3 Å². The molecule has 5 atom stereocenters. The van der Waals surface area contributed by atoms with E-state index in [9.17, 15) is 29.1 Å². The van der Waals surface area contributed by atoms with Crippen molar-refractivity contribution < 1.29 is 38.6 Å². The molecule has 7 heterocycles. The van der Waals surface area contributed by atoms with Crippen molar-refractivity contribution in [3.05, 3.63) is 89.6 Å². The molecule has 0 bridgehead atoms. The number of aryl methyl sites for hydroxylation is 2. The van der Waals surface area contributed by atoms with Crippen LogP contribution in [0.2, 0.25) is 0 Å². The Morgan fingerprint density at radius 3 is 2.24 bits per heavy atom. The fourth-order valence-corrected chi connectivity index (χ4v) is 12.6. The second-order valence-electron chi connectivity index (χ2n) is 22.0. The lowest BCUT2D eigenvalue weighted by Gasteiger charge is -2.35. The molecule has 6 aromatic rings. The third kappa shape index (κ3) is 12.9. The van der Waals surface area contributed by atoms with Gasteiger partial charge in [-0.3, -0.25) is 34.4 Å². The molecule has 10 rings (SSSR count). The molecule has 22 heteroatoms. The van der Waals surface area contributed by atoms with Crippen molar-refractivity contribution in [3.63, 3.8) is 0 Å². The molecule has 78 heavy (non-hydrogen) atoms. The summed E-state index contributed by atoms with van der Waals surface area (Å²) >= 11 is 2.97. The lowest BCUT2D eigenvalue weighted by Crippen LogP contribution is -2.58. The van der Waals surface area contributed by atoms with Crippen LogP contribution in [0.4, 0.5) is 21.6 Å². The van der Waals surface area contributed by atoms with Crippen LogP contribution in [0.1, 0.15) is 76.2 Å². The van der Waals surface area contributed by atoms with Gasteiger partial charge in [0, 0.05) is 57.4 Å². The highest BCUT2D eigenvalue weighted by molar-refractivity contribution is 7.22. The third-order valence-corrected chi connectivity index (χ3v) is 16.9. The second kappa shape index (κ2) is 23.4. The maximum absolute atomic E-state index is 14.1. The first kappa shape index (κ1) is 54.2. The summed E-state index contributed by atoms with van der Waals surface area (Å²) < 4.78 is 12.4. The number of aliphatic hydroxyl groups is 1. The number of ether oxygens (including phenoxy) is 2. The van der Waals surface area contributed by atoms with E-state index in [0.717, 1.165) is 94.9 Å². The molecular weight excluding hydrogens is 1030 g/mol. The number of benzene rings is 2. The molecule has 4 fully saturated rings. The van der Waals surface area contributed by atoms with Crippen molar-refractivity contribution in [2.45, 2.75) is 104 Å². The van der Waals surface area contributed by atoms with Gasteiger partial charge in [0.1, 0.15) is 18.2 Å². The van der Waals surface area contributed by atoms with Crippen molar-refractivity contribution in [2.24, 2.45) is 17.3 Å². The Hall–Kier alpha value is -7.14. The summed E-state index contributed by atoms with van der Waals surface area (Å²) in [6.45, 7) is 12.3. The molecule has 5 amide bonds. The van der Waals surface area contributed by atoms with Gasteiger partial charge in [0.05, 0.1) is 62.7 Å². The summed E-state index contributed by atoms with van der Waals surface area (Å²) in [6.07, 6.45) is 8.60. The average molecular weight is 1100 g/mol. The highest BCUT2D eigenvalue weighted by Gasteiger charge is 2.45. The third-order valence-electron chi connectivity index (χ3n) is 15.0. The molecule has 4 aliphatic rings. The zero-order valence-electron chi connectivity index (χ0n) is 44.5. The van der Waals surface area contributed by atoms with Crippen molar-refractivity contribution in [3.8, 4) is 27.3 Å². The number of pyridine rings is 1. The van der Waals surface area contributed by atoms with Crippen molar-refractivity contribution in [1.82, 2.24) is 45.4 Å². The predicted molar refractivity (Wildman–Crippen MR) is 298 cm³/mol. The summed E-state index contributed by atoms with van der Waals surface area (Å²) in [5, 5.41) is 22.8. The number of anilines is 3. The van der Waals surface area contributed by atoms with Crippen LogP contribution in [0.3, 0.4) is 0 Å². The summed E-state index contributed by atoms with van der Waals surface area (Å²) in [7, 11) is 0. The van der Waals surface area contributed by atoms with Gasteiger partial charge in [0.15, 0.2) is 17.5 Å². The molecule has 4 aromatic heterocycles. The zero-order chi connectivity index (χ0) is 54.7. The molecule has 3 aliphatic heterocycles. The first-order chi connectivity index (χ1) is 37.5. The number of β-amino-alcohol motifs (C(OH)–C–C–N with tert-alkyl or cyclic N) is 1. The van der Waals surface area contributed by atoms with Crippen LogP contribution in [0.25, 0.3) is 31.8 Å². The Bertz CT molecular complexity index is 3140. The van der Waals surface area contributed by atoms with E-state index in [0.29, 0.717) is 34.3 Å². The maximum Gasteiger partial charge on any atom is 0.411 e. The molecule has 2 aromatic carbocycles. The van der Waals surface area contributed by atoms with Gasteiger partial charge in [-0.2, -0.15) is 0 Å². The maximum atomic E-state index is 14.1. The molecule has 1 aliphatic carbocycles. The summed E-state index contributed by atoms with van der Waals surface area (Å²) in [6, 6.07) is 13.7. The van der Waals surface area contributed by atoms with Gasteiger partial charge in [-0.1, -0.05) is 68.9 Å². The SMILES string of the molecule is Cc1ncc(-c2ccc3nc(NC(=O)CN4C[C@@H]5CN(c6ncc(OCC(=O)N[C@H](C(=O)N7C[C@H](O)C[C@H]7C(=O)NCc7ccc(-c8scnc8C)cc7)C(C)(C)C)cn6)C[C@@H]5C4)sc3c2)cc1NC(=O)OC1CCCCC1. The number of nitrogens with zero attached hydrogens (tertiary/aromatic N) is 8. The Kier molecular flexibility index (Phi) is 16.3. The van der Waals surface area contributed by atoms with Crippen molar-refractivity contribution >= 4 is 79.4 Å². The standard InChI is InChI=1S/C56H66N12O8S2/c1-32-44(63-55(74)76-41-9-7-6-8-10-41)17-37(21-57-32)36-15-16-43-46(18-36)78-54(62-43)65-47(70)29-66-24-38-26-67(27-39(38)25-66)53-59-22-42(23-60-53)75-30-48(71)64-50(56(3,4)5)52(73)68-28-40(69)19-45(68)51(72)58-20-34-11-13-35(14-12-34)49-33(2)61-31-77-49/h11-18,21-23,31,38-41,45,50,69H,6-10,19-20,24-30H2,1-5H3,(H,58,72)(H,63,74)(H,64,71)(H,62,65,70)/t38-,39+,40-,45+,50-/m1/s1. The molecular formula is C56H66N12O8S2. The quantitative estimate of drug-likeness (QED) is 0.0657. The smallest absolute Gasteiger partial charge is 0.411 e. The molecule has 20 nitrogen and oxygen atoms in total. The molecule has 0 unspecified atom stereocenters. The Morgan fingerprint density at radius 1 is 0.808 bits per heavy atom. The Morgan fingerprint density at radius 2 is 1.54 bits per heavy atom. The lowest BCUT2D eigenvalue weighted by molar-refractivity contribution is -0.144. The van der Waals surface area contributed by atoms with E-state index in [2.05, 4.69) is 56.0 Å². The van der Waals surface area contributed by atoms with E-state index in [1.54, 1.807) is 17.5 Å². The molecule has 0 spiro atoms. The summed E-state index contributed by atoms with van der Waals surface area (Å²) in [5.41, 5.74) is 7.75. The minimum atomic E-state index is -1.02. The van der Waals surface area contributed by atoms with Crippen LogP contribution in [-0.2, 0) is 30.5 Å². The van der Waals surface area contributed by atoms with E-state index in [1.807, 2.05) is 88.7 Å². The van der Waals surface area contributed by atoms with Gasteiger partial charge in [-0.15, -0.1) is 11.3 Å². The van der Waals surface area contributed by atoms with Crippen molar-refractivity contribution in [1.29, 1.82) is 0 Å². The number of carbonyl (C=O) groups excluding carboxylic acids is 5. The van der Waals surface area contributed by atoms with Crippen LogP contribution in [0, 0.1) is 31.1 Å². The van der Waals surface area contributed by atoms with Gasteiger partial charge >= 0.3 is 6.09 Å². The topological polar surface area (TPSA) is 246 Å². The fraction of sp³-hybridized carbons (Fsp3) is 0.464. The number of thiazole rings is 2. The van der Waals surface area contributed by atoms with Gasteiger partial charge in [0.25, 0.3) is 5.91 Å². The monoisotopic (exact) mass is 1100 g/mol. The predicted octanol–water partition coefficient (Wildman–Crippen LogP) is 6.96. The number of amides is 5. The molecule has 3 saturated heterocycles. The normalized spacial score (nSPS) is 20.1. The Balaban J connectivity index is 0.660.